The molecule has 0 aromatic heterocycles. The summed E-state index contributed by atoms with van der Waals surface area (Å²) < 4.78 is 0. The average molecular weight is 380 g/mol. The summed E-state index contributed by atoms with van der Waals surface area (Å²) in [5.74, 6) is 0.258. The van der Waals surface area contributed by atoms with Crippen molar-refractivity contribution < 1.29 is 14.7 Å². The van der Waals surface area contributed by atoms with Crippen LogP contribution < -0.4 is 10.6 Å². The Morgan fingerprint density at radius 1 is 1.14 bits per heavy atom. The second-order valence-corrected chi connectivity index (χ2v) is 7.43. The van der Waals surface area contributed by atoms with Gasteiger partial charge in [-0.05, 0) is 55.2 Å². The van der Waals surface area contributed by atoms with E-state index in [-0.39, 0.29) is 23.5 Å². The fourth-order valence-corrected chi connectivity index (χ4v) is 3.92. The molecule has 2 aromatic rings. The number of phenolic OH excluding ortho intramolecular Hbond substituents is 1. The molecule has 1 aliphatic carbocycles. The Kier molecular flexibility index (Phi) is 6.69. The molecule has 148 valence electrons. The van der Waals surface area contributed by atoms with Crippen LogP contribution in [-0.2, 0) is 22.4 Å². The number of amides is 2. The van der Waals surface area contributed by atoms with Gasteiger partial charge in [-0.3, -0.25) is 9.59 Å². The number of phenols is 1. The van der Waals surface area contributed by atoms with Crippen molar-refractivity contribution in [1.29, 1.82) is 0 Å². The van der Waals surface area contributed by atoms with Gasteiger partial charge in [0.1, 0.15) is 5.75 Å². The van der Waals surface area contributed by atoms with Gasteiger partial charge in [-0.2, -0.15) is 0 Å². The predicted octanol–water partition coefficient (Wildman–Crippen LogP) is 3.91. The van der Waals surface area contributed by atoms with Crippen LogP contribution in [0.4, 0.5) is 5.69 Å². The third kappa shape index (κ3) is 5.12. The zero-order chi connectivity index (χ0) is 19.9. The van der Waals surface area contributed by atoms with E-state index in [1.807, 2.05) is 24.3 Å². The van der Waals surface area contributed by atoms with Crippen molar-refractivity contribution in [3.05, 3.63) is 59.2 Å². The highest BCUT2D eigenvalue weighted by Gasteiger charge is 2.27. The lowest BCUT2D eigenvalue weighted by Gasteiger charge is -2.16. The summed E-state index contributed by atoms with van der Waals surface area (Å²) in [5.41, 5.74) is 3.76. The molecule has 0 spiro atoms. The van der Waals surface area contributed by atoms with Crippen molar-refractivity contribution in [2.24, 2.45) is 0 Å². The SMILES string of the molecule is CC(=O)NCCC1CCc2ccc(NC(=O)CCCc3ccccc3)c(O)c21. The fourth-order valence-electron chi connectivity index (χ4n) is 3.92. The Morgan fingerprint density at radius 3 is 2.68 bits per heavy atom. The van der Waals surface area contributed by atoms with Crippen molar-refractivity contribution in [3.8, 4) is 5.75 Å². The highest BCUT2D eigenvalue weighted by atomic mass is 16.3. The van der Waals surface area contributed by atoms with E-state index in [9.17, 15) is 14.7 Å². The van der Waals surface area contributed by atoms with E-state index in [1.165, 1.54) is 12.5 Å². The van der Waals surface area contributed by atoms with E-state index in [1.54, 1.807) is 6.07 Å². The second kappa shape index (κ2) is 9.40. The van der Waals surface area contributed by atoms with Gasteiger partial charge in [-0.25, -0.2) is 0 Å². The van der Waals surface area contributed by atoms with Crippen molar-refractivity contribution in [2.75, 3.05) is 11.9 Å². The Bertz CT molecular complexity index is 833. The van der Waals surface area contributed by atoms with Crippen LogP contribution in [-0.4, -0.2) is 23.5 Å². The van der Waals surface area contributed by atoms with Crippen LogP contribution in [0.1, 0.15) is 55.2 Å². The van der Waals surface area contributed by atoms with Gasteiger partial charge in [0.05, 0.1) is 5.69 Å². The maximum Gasteiger partial charge on any atom is 0.224 e. The lowest BCUT2D eigenvalue weighted by atomic mass is 9.96. The Hall–Kier alpha value is -2.82. The molecule has 2 amide bonds. The first kappa shape index (κ1) is 19.9. The largest absolute Gasteiger partial charge is 0.505 e. The molecule has 5 heteroatoms. The molecule has 1 unspecified atom stereocenters. The maximum absolute atomic E-state index is 12.3. The minimum absolute atomic E-state index is 0.0426. The Balaban J connectivity index is 1.57. The molecule has 3 N–H and O–H groups in total. The van der Waals surface area contributed by atoms with Gasteiger partial charge in [0, 0.05) is 25.5 Å². The van der Waals surface area contributed by atoms with Crippen LogP contribution in [0.2, 0.25) is 0 Å². The molecule has 0 heterocycles. The molecule has 3 rings (SSSR count). The van der Waals surface area contributed by atoms with E-state index in [2.05, 4.69) is 22.8 Å². The maximum atomic E-state index is 12.3. The molecule has 0 radical (unpaired) electrons. The Morgan fingerprint density at radius 2 is 1.93 bits per heavy atom. The van der Waals surface area contributed by atoms with Gasteiger partial charge in [-0.15, -0.1) is 0 Å². The summed E-state index contributed by atoms with van der Waals surface area (Å²) >= 11 is 0. The quantitative estimate of drug-likeness (QED) is 0.608. The predicted molar refractivity (Wildman–Crippen MR) is 110 cm³/mol. The summed E-state index contributed by atoms with van der Waals surface area (Å²) in [5, 5.41) is 16.4. The van der Waals surface area contributed by atoms with Crippen LogP contribution >= 0.6 is 0 Å². The molecule has 28 heavy (non-hydrogen) atoms. The number of hydrogen-bond acceptors (Lipinski definition) is 3. The number of carbonyl (C=O) groups is 2. The molecular formula is C23H28N2O3. The first-order valence-corrected chi connectivity index (χ1v) is 9.97. The number of carbonyl (C=O) groups excluding carboxylic acids is 2. The zero-order valence-electron chi connectivity index (χ0n) is 16.3. The lowest BCUT2D eigenvalue weighted by molar-refractivity contribution is -0.119. The second-order valence-electron chi connectivity index (χ2n) is 7.43. The van der Waals surface area contributed by atoms with Gasteiger partial charge >= 0.3 is 0 Å². The monoisotopic (exact) mass is 380 g/mol. The number of hydrogen-bond donors (Lipinski definition) is 3. The molecule has 5 nitrogen and oxygen atoms in total. The summed E-state index contributed by atoms with van der Waals surface area (Å²) in [4.78, 5) is 23.4. The third-order valence-electron chi connectivity index (χ3n) is 5.33. The van der Waals surface area contributed by atoms with E-state index in [0.29, 0.717) is 18.7 Å². The van der Waals surface area contributed by atoms with Crippen molar-refractivity contribution in [1.82, 2.24) is 5.32 Å². The zero-order valence-corrected chi connectivity index (χ0v) is 16.3. The molecule has 2 aromatic carbocycles. The topological polar surface area (TPSA) is 78.4 Å². The van der Waals surface area contributed by atoms with Crippen molar-refractivity contribution >= 4 is 17.5 Å². The van der Waals surface area contributed by atoms with Crippen molar-refractivity contribution in [2.45, 2.75) is 51.4 Å². The number of rotatable bonds is 8. The Labute approximate surface area is 166 Å². The summed E-state index contributed by atoms with van der Waals surface area (Å²) in [6, 6.07) is 13.9. The molecule has 0 saturated heterocycles. The molecule has 1 atom stereocenters. The van der Waals surface area contributed by atoms with Gasteiger partial charge < -0.3 is 15.7 Å². The van der Waals surface area contributed by atoms with Gasteiger partial charge in [0.15, 0.2) is 0 Å². The molecule has 0 aliphatic heterocycles. The van der Waals surface area contributed by atoms with Crippen LogP contribution in [0.25, 0.3) is 0 Å². The van der Waals surface area contributed by atoms with E-state index in [0.717, 1.165) is 43.2 Å². The summed E-state index contributed by atoms with van der Waals surface area (Å²) in [6.07, 6.45) is 4.69. The van der Waals surface area contributed by atoms with E-state index in [4.69, 9.17) is 0 Å². The third-order valence-corrected chi connectivity index (χ3v) is 5.33. The average Bonchev–Trinajstić information content (AvgIpc) is 3.08. The van der Waals surface area contributed by atoms with Crippen LogP contribution in [0.15, 0.2) is 42.5 Å². The fraction of sp³-hybridized carbons (Fsp3) is 0.391. The normalized spacial score (nSPS) is 15.1. The van der Waals surface area contributed by atoms with Gasteiger partial charge in [0.25, 0.3) is 0 Å². The number of aryl methyl sites for hydroxylation is 2. The van der Waals surface area contributed by atoms with Crippen LogP contribution in [0.3, 0.4) is 0 Å². The number of fused-ring (bicyclic) bond motifs is 1. The summed E-state index contributed by atoms with van der Waals surface area (Å²) in [7, 11) is 0. The number of anilines is 1. The number of aromatic hydroxyl groups is 1. The lowest BCUT2D eigenvalue weighted by Crippen LogP contribution is -2.22. The molecule has 0 fully saturated rings. The minimum atomic E-state index is -0.0843. The van der Waals surface area contributed by atoms with Gasteiger partial charge in [-0.1, -0.05) is 36.4 Å². The molecule has 0 saturated carbocycles. The molecule has 1 aliphatic rings. The highest BCUT2D eigenvalue weighted by molar-refractivity contribution is 5.92. The molecule has 0 bridgehead atoms. The first-order chi connectivity index (χ1) is 13.5. The highest BCUT2D eigenvalue weighted by Crippen LogP contribution is 2.44. The standard InChI is InChI=1S/C23H28N2O3/c1-16(26)24-15-14-19-11-10-18-12-13-20(23(28)22(18)19)25-21(27)9-5-8-17-6-3-2-4-7-17/h2-4,6-7,12-13,19,28H,5,8-11,14-15H2,1H3,(H,24,26)(H,25,27). The molecular weight excluding hydrogens is 352 g/mol. The van der Waals surface area contributed by atoms with Crippen LogP contribution in [0, 0.1) is 0 Å². The number of benzene rings is 2. The van der Waals surface area contributed by atoms with Crippen LogP contribution in [0.5, 0.6) is 5.75 Å². The summed E-state index contributed by atoms with van der Waals surface area (Å²) in [6.45, 7) is 2.10. The minimum Gasteiger partial charge on any atom is -0.505 e. The van der Waals surface area contributed by atoms with Crippen molar-refractivity contribution in [3.63, 3.8) is 0 Å². The first-order valence-electron chi connectivity index (χ1n) is 9.97. The van der Waals surface area contributed by atoms with E-state index >= 15 is 0 Å². The smallest absolute Gasteiger partial charge is 0.224 e. The number of nitrogens with one attached hydrogen (secondary N) is 2. The van der Waals surface area contributed by atoms with E-state index < -0.39 is 0 Å². The van der Waals surface area contributed by atoms with Gasteiger partial charge in [0.2, 0.25) is 11.8 Å².